The molecule has 1 aliphatic heterocycles. The Morgan fingerprint density at radius 1 is 1.00 bits per heavy atom. The molecule has 0 aliphatic carbocycles. The number of carbonyl (C=O) groups excluding carboxylic acids is 3. The molecule has 3 rings (SSSR count). The van der Waals surface area contributed by atoms with Crippen LogP contribution < -0.4 is 15.5 Å². The second-order valence-corrected chi connectivity index (χ2v) is 9.11. The summed E-state index contributed by atoms with van der Waals surface area (Å²) >= 11 is 0. The number of hydrogen-bond donors (Lipinski definition) is 2. The van der Waals surface area contributed by atoms with Crippen molar-refractivity contribution in [3.63, 3.8) is 0 Å². The highest BCUT2D eigenvalue weighted by Crippen LogP contribution is 2.19. The van der Waals surface area contributed by atoms with Crippen LogP contribution in [0, 0.1) is 12.8 Å². The van der Waals surface area contributed by atoms with Crippen LogP contribution in [0.4, 0.5) is 11.4 Å². The first-order valence-corrected chi connectivity index (χ1v) is 12.2. The Hall–Kier alpha value is -3.39. The number of hydrogen-bond acceptors (Lipinski definition) is 5. The number of nitrogens with one attached hydrogen (secondary N) is 2. The maximum atomic E-state index is 13.3. The lowest BCUT2D eigenvalue weighted by Gasteiger charge is -2.29. The third-order valence-corrected chi connectivity index (χ3v) is 6.09. The molecule has 2 N–H and O–H groups in total. The van der Waals surface area contributed by atoms with E-state index in [2.05, 4.69) is 15.5 Å². The lowest BCUT2D eigenvalue weighted by molar-refractivity contribution is -0.137. The standard InChI is InChI=1S/C27H36N4O4/c1-5-30(27(34)25(19(2)3)29-26(33)21-8-6-20(4)7-9-21)18-24(32)28-22-10-12-23(13-11-22)31-14-16-35-17-15-31/h6-13,19,25H,5,14-18H2,1-4H3,(H,28,32)(H,29,33). The molecule has 188 valence electrons. The van der Waals surface area contributed by atoms with Crippen molar-refractivity contribution in [3.05, 3.63) is 59.7 Å². The molecule has 1 aliphatic rings. The predicted octanol–water partition coefficient (Wildman–Crippen LogP) is 3.07. The molecular formula is C27H36N4O4. The summed E-state index contributed by atoms with van der Waals surface area (Å²) in [6.07, 6.45) is 0. The van der Waals surface area contributed by atoms with Gasteiger partial charge in [0.25, 0.3) is 5.91 Å². The van der Waals surface area contributed by atoms with Crippen LogP contribution in [0.2, 0.25) is 0 Å². The molecular weight excluding hydrogens is 444 g/mol. The SMILES string of the molecule is CCN(CC(=O)Nc1ccc(N2CCOCC2)cc1)C(=O)C(NC(=O)c1ccc(C)cc1)C(C)C. The van der Waals surface area contributed by atoms with Gasteiger partial charge in [-0.3, -0.25) is 14.4 Å². The molecule has 1 saturated heterocycles. The summed E-state index contributed by atoms with van der Waals surface area (Å²) in [6, 6.07) is 14.1. The number of benzene rings is 2. The molecule has 1 atom stereocenters. The molecule has 35 heavy (non-hydrogen) atoms. The summed E-state index contributed by atoms with van der Waals surface area (Å²) in [6.45, 7) is 10.9. The summed E-state index contributed by atoms with van der Waals surface area (Å²) in [4.78, 5) is 42.4. The Morgan fingerprint density at radius 3 is 2.20 bits per heavy atom. The molecule has 0 radical (unpaired) electrons. The van der Waals surface area contributed by atoms with Gasteiger partial charge >= 0.3 is 0 Å². The van der Waals surface area contributed by atoms with E-state index in [0.717, 1.165) is 24.3 Å². The second kappa shape index (κ2) is 12.4. The van der Waals surface area contributed by atoms with Crippen molar-refractivity contribution >= 4 is 29.1 Å². The first-order valence-electron chi connectivity index (χ1n) is 12.2. The quantitative estimate of drug-likeness (QED) is 0.576. The first-order chi connectivity index (χ1) is 16.8. The normalized spacial score (nSPS) is 14.4. The largest absolute Gasteiger partial charge is 0.378 e. The summed E-state index contributed by atoms with van der Waals surface area (Å²) in [5.41, 5.74) is 3.30. The maximum absolute atomic E-state index is 13.3. The van der Waals surface area contributed by atoms with Gasteiger partial charge in [-0.2, -0.15) is 0 Å². The van der Waals surface area contributed by atoms with Crippen LogP contribution in [0.25, 0.3) is 0 Å². The van der Waals surface area contributed by atoms with Gasteiger partial charge in [-0.05, 0) is 56.2 Å². The highest BCUT2D eigenvalue weighted by Gasteiger charge is 2.29. The number of aryl methyl sites for hydroxylation is 1. The molecule has 1 unspecified atom stereocenters. The molecule has 1 fully saturated rings. The average Bonchev–Trinajstić information content (AvgIpc) is 2.86. The molecule has 8 heteroatoms. The van der Waals surface area contributed by atoms with Crippen molar-refractivity contribution in [1.82, 2.24) is 10.2 Å². The summed E-state index contributed by atoms with van der Waals surface area (Å²) < 4.78 is 5.39. The van der Waals surface area contributed by atoms with Crippen LogP contribution in [-0.2, 0) is 14.3 Å². The zero-order valence-electron chi connectivity index (χ0n) is 21.0. The average molecular weight is 481 g/mol. The number of likely N-dealkylation sites (N-methyl/N-ethyl adjacent to an activating group) is 1. The van der Waals surface area contributed by atoms with Gasteiger partial charge in [0.15, 0.2) is 0 Å². The van der Waals surface area contributed by atoms with E-state index in [0.29, 0.717) is 31.0 Å². The highest BCUT2D eigenvalue weighted by atomic mass is 16.5. The molecule has 0 bridgehead atoms. The van der Waals surface area contributed by atoms with E-state index in [9.17, 15) is 14.4 Å². The van der Waals surface area contributed by atoms with Gasteiger partial charge in [-0.1, -0.05) is 31.5 Å². The van der Waals surface area contributed by atoms with Crippen LogP contribution in [0.3, 0.4) is 0 Å². The lowest BCUT2D eigenvalue weighted by atomic mass is 10.0. The Labute approximate surface area is 207 Å². The van der Waals surface area contributed by atoms with Crippen molar-refractivity contribution in [2.24, 2.45) is 5.92 Å². The fraction of sp³-hybridized carbons (Fsp3) is 0.444. The molecule has 8 nitrogen and oxygen atoms in total. The highest BCUT2D eigenvalue weighted by molar-refractivity contribution is 5.99. The van der Waals surface area contributed by atoms with Crippen molar-refractivity contribution in [3.8, 4) is 0 Å². The van der Waals surface area contributed by atoms with Gasteiger partial charge in [-0.15, -0.1) is 0 Å². The summed E-state index contributed by atoms with van der Waals surface area (Å²) in [5.74, 6) is -1.01. The third-order valence-electron chi connectivity index (χ3n) is 6.09. The smallest absolute Gasteiger partial charge is 0.251 e. The minimum Gasteiger partial charge on any atom is -0.378 e. The number of rotatable bonds is 9. The molecule has 0 saturated carbocycles. The summed E-state index contributed by atoms with van der Waals surface area (Å²) in [5, 5.41) is 5.72. The van der Waals surface area contributed by atoms with Gasteiger partial charge in [0.1, 0.15) is 6.04 Å². The molecule has 0 aromatic heterocycles. The Balaban J connectivity index is 1.59. The Bertz CT molecular complexity index is 999. The molecule has 2 aromatic carbocycles. The van der Waals surface area contributed by atoms with Gasteiger partial charge in [0.2, 0.25) is 11.8 Å². The second-order valence-electron chi connectivity index (χ2n) is 9.11. The van der Waals surface area contributed by atoms with Crippen LogP contribution >= 0.6 is 0 Å². The zero-order chi connectivity index (χ0) is 25.4. The van der Waals surface area contributed by atoms with Gasteiger partial charge in [0.05, 0.1) is 19.8 Å². The first kappa shape index (κ1) is 26.2. The molecule has 0 spiro atoms. The number of carbonyl (C=O) groups is 3. The Morgan fingerprint density at radius 2 is 1.63 bits per heavy atom. The number of amides is 3. The van der Waals surface area contributed by atoms with E-state index in [-0.39, 0.29) is 30.2 Å². The fourth-order valence-corrected chi connectivity index (χ4v) is 3.94. The molecule has 3 amide bonds. The van der Waals surface area contributed by atoms with E-state index in [1.807, 2.05) is 64.1 Å². The third kappa shape index (κ3) is 7.29. The topological polar surface area (TPSA) is 91.0 Å². The zero-order valence-corrected chi connectivity index (χ0v) is 21.0. The minimum absolute atomic E-state index is 0.0931. The number of ether oxygens (including phenoxy) is 1. The van der Waals surface area contributed by atoms with Gasteiger partial charge in [-0.25, -0.2) is 0 Å². The number of anilines is 2. The fourth-order valence-electron chi connectivity index (χ4n) is 3.94. The van der Waals surface area contributed by atoms with Crippen molar-refractivity contribution < 1.29 is 19.1 Å². The van der Waals surface area contributed by atoms with Crippen LogP contribution in [-0.4, -0.2) is 68.1 Å². The van der Waals surface area contributed by atoms with E-state index >= 15 is 0 Å². The van der Waals surface area contributed by atoms with E-state index in [1.165, 1.54) is 4.90 Å². The van der Waals surface area contributed by atoms with Crippen LogP contribution in [0.15, 0.2) is 48.5 Å². The van der Waals surface area contributed by atoms with Gasteiger partial charge < -0.3 is 25.2 Å². The van der Waals surface area contributed by atoms with Gasteiger partial charge in [0, 0.05) is 36.6 Å². The van der Waals surface area contributed by atoms with Crippen molar-refractivity contribution in [2.45, 2.75) is 33.7 Å². The van der Waals surface area contributed by atoms with Crippen LogP contribution in [0.5, 0.6) is 0 Å². The summed E-state index contributed by atoms with van der Waals surface area (Å²) in [7, 11) is 0. The lowest BCUT2D eigenvalue weighted by Crippen LogP contribution is -2.52. The van der Waals surface area contributed by atoms with E-state index < -0.39 is 6.04 Å². The predicted molar refractivity (Wildman–Crippen MR) is 138 cm³/mol. The number of morpholine rings is 1. The molecule has 2 aromatic rings. The van der Waals surface area contributed by atoms with Crippen molar-refractivity contribution in [1.29, 1.82) is 0 Å². The Kier molecular flexibility index (Phi) is 9.25. The van der Waals surface area contributed by atoms with Crippen molar-refractivity contribution in [2.75, 3.05) is 49.6 Å². The molecule has 1 heterocycles. The van der Waals surface area contributed by atoms with E-state index in [4.69, 9.17) is 4.74 Å². The minimum atomic E-state index is -0.732. The number of nitrogens with zero attached hydrogens (tertiary/aromatic N) is 2. The van der Waals surface area contributed by atoms with Crippen LogP contribution in [0.1, 0.15) is 36.7 Å². The maximum Gasteiger partial charge on any atom is 0.251 e. The monoisotopic (exact) mass is 480 g/mol. The van der Waals surface area contributed by atoms with E-state index in [1.54, 1.807) is 12.1 Å².